The van der Waals surface area contributed by atoms with E-state index in [0.29, 0.717) is 18.0 Å². The Morgan fingerprint density at radius 3 is 2.62 bits per heavy atom. The second kappa shape index (κ2) is 6.31. The van der Waals surface area contributed by atoms with Crippen molar-refractivity contribution >= 4 is 16.9 Å². The molecule has 0 aliphatic carbocycles. The van der Waals surface area contributed by atoms with Gasteiger partial charge >= 0.3 is 5.97 Å². The number of hydrogen-bond acceptors (Lipinski definition) is 2. The van der Waals surface area contributed by atoms with E-state index in [1.54, 1.807) is 6.07 Å². The first-order valence-electron chi connectivity index (χ1n) is 7.58. The molecule has 0 bridgehead atoms. The minimum atomic E-state index is -0.865. The van der Waals surface area contributed by atoms with Gasteiger partial charge in [0.25, 0.3) is 0 Å². The van der Waals surface area contributed by atoms with Crippen molar-refractivity contribution < 1.29 is 9.90 Å². The summed E-state index contributed by atoms with van der Waals surface area (Å²) in [5.41, 5.74) is 9.47. The molecule has 0 aliphatic rings. The van der Waals surface area contributed by atoms with Crippen molar-refractivity contribution in [2.24, 2.45) is 5.73 Å². The van der Waals surface area contributed by atoms with Gasteiger partial charge < -0.3 is 15.4 Å². The maximum Gasteiger partial charge on any atom is 0.335 e. The molecular weight excluding hydrogens is 264 g/mol. The molecule has 0 amide bonds. The smallest absolute Gasteiger partial charge is 0.335 e. The largest absolute Gasteiger partial charge is 0.478 e. The normalized spacial score (nSPS) is 11.5. The monoisotopic (exact) mass is 288 g/mol. The molecule has 1 aromatic heterocycles. The third-order valence-corrected chi connectivity index (χ3v) is 3.93. The van der Waals surface area contributed by atoms with E-state index in [-0.39, 0.29) is 0 Å². The van der Waals surface area contributed by atoms with E-state index in [1.165, 1.54) is 11.1 Å². The van der Waals surface area contributed by atoms with E-state index >= 15 is 0 Å². The van der Waals surface area contributed by atoms with Crippen molar-refractivity contribution in [2.45, 2.75) is 46.1 Å². The molecule has 4 heteroatoms. The SMILES string of the molecule is CCc1cc(C(=O)O)cc2c(C(C)C)cn(CCCN)c12. The summed E-state index contributed by atoms with van der Waals surface area (Å²) >= 11 is 0. The Hall–Kier alpha value is -1.81. The standard InChI is InChI=1S/C17H24N2O2/c1-4-12-8-13(17(20)21)9-14-15(11(2)3)10-19(16(12)14)7-5-6-18/h8-11H,4-7,18H2,1-3H3,(H,20,21). The van der Waals surface area contributed by atoms with Crippen LogP contribution in [0.15, 0.2) is 18.3 Å². The molecule has 0 saturated heterocycles. The summed E-state index contributed by atoms with van der Waals surface area (Å²) in [6.45, 7) is 7.88. The number of carboxylic acids is 1. The van der Waals surface area contributed by atoms with Crippen molar-refractivity contribution in [3.05, 3.63) is 35.0 Å². The van der Waals surface area contributed by atoms with Gasteiger partial charge in [0.05, 0.1) is 11.1 Å². The van der Waals surface area contributed by atoms with Crippen LogP contribution in [0.1, 0.15) is 54.6 Å². The van der Waals surface area contributed by atoms with Crippen LogP contribution in [0.2, 0.25) is 0 Å². The molecule has 21 heavy (non-hydrogen) atoms. The maximum absolute atomic E-state index is 11.3. The number of fused-ring (bicyclic) bond motifs is 1. The van der Waals surface area contributed by atoms with Crippen molar-refractivity contribution in [3.8, 4) is 0 Å². The topological polar surface area (TPSA) is 68.2 Å². The lowest BCUT2D eigenvalue weighted by Crippen LogP contribution is -2.06. The first kappa shape index (κ1) is 15.6. The van der Waals surface area contributed by atoms with Gasteiger partial charge in [-0.3, -0.25) is 0 Å². The Bertz CT molecular complexity index is 656. The summed E-state index contributed by atoms with van der Waals surface area (Å²) in [6, 6.07) is 3.61. The predicted octanol–water partition coefficient (Wildman–Crippen LogP) is 3.37. The predicted molar refractivity (Wildman–Crippen MR) is 86.0 cm³/mol. The molecule has 0 atom stereocenters. The van der Waals surface area contributed by atoms with Crippen LogP contribution >= 0.6 is 0 Å². The van der Waals surface area contributed by atoms with Gasteiger partial charge in [-0.15, -0.1) is 0 Å². The maximum atomic E-state index is 11.3. The van der Waals surface area contributed by atoms with Gasteiger partial charge in [-0.2, -0.15) is 0 Å². The Labute approximate surface area is 125 Å². The van der Waals surface area contributed by atoms with Crippen LogP contribution in [0.5, 0.6) is 0 Å². The van der Waals surface area contributed by atoms with Crippen molar-refractivity contribution in [1.29, 1.82) is 0 Å². The van der Waals surface area contributed by atoms with E-state index in [2.05, 4.69) is 31.5 Å². The second-order valence-corrected chi connectivity index (χ2v) is 5.77. The van der Waals surface area contributed by atoms with E-state index in [9.17, 15) is 9.90 Å². The first-order chi connectivity index (χ1) is 9.99. The highest BCUT2D eigenvalue weighted by Crippen LogP contribution is 2.31. The molecular formula is C17H24N2O2. The van der Waals surface area contributed by atoms with Gasteiger partial charge in [0, 0.05) is 18.1 Å². The number of rotatable bonds is 6. The van der Waals surface area contributed by atoms with Crippen molar-refractivity contribution in [2.75, 3.05) is 6.54 Å². The molecule has 0 aliphatic heterocycles. The summed E-state index contributed by atoms with van der Waals surface area (Å²) in [5.74, 6) is -0.503. The molecule has 3 N–H and O–H groups in total. The number of aryl methyl sites for hydroxylation is 2. The van der Waals surface area contributed by atoms with Crippen LogP contribution in [0.3, 0.4) is 0 Å². The van der Waals surface area contributed by atoms with Gasteiger partial charge in [0.1, 0.15) is 0 Å². The van der Waals surface area contributed by atoms with Crippen LogP contribution in [0.25, 0.3) is 10.9 Å². The summed E-state index contributed by atoms with van der Waals surface area (Å²) in [7, 11) is 0. The third-order valence-electron chi connectivity index (χ3n) is 3.93. The summed E-state index contributed by atoms with van der Waals surface area (Å²) in [5, 5.41) is 10.4. The molecule has 0 unspecified atom stereocenters. The van der Waals surface area contributed by atoms with Crippen LogP contribution in [-0.4, -0.2) is 22.2 Å². The summed E-state index contributed by atoms with van der Waals surface area (Å²) < 4.78 is 2.24. The molecule has 0 radical (unpaired) electrons. The average Bonchev–Trinajstić information content (AvgIpc) is 2.83. The second-order valence-electron chi connectivity index (χ2n) is 5.77. The third kappa shape index (κ3) is 2.95. The van der Waals surface area contributed by atoms with E-state index in [1.807, 2.05) is 6.07 Å². The molecule has 1 heterocycles. The van der Waals surface area contributed by atoms with E-state index in [0.717, 1.165) is 30.3 Å². The fourth-order valence-corrected chi connectivity index (χ4v) is 2.85. The number of nitrogens with zero attached hydrogens (tertiary/aromatic N) is 1. The van der Waals surface area contributed by atoms with E-state index in [4.69, 9.17) is 5.73 Å². The number of benzene rings is 1. The Morgan fingerprint density at radius 2 is 2.10 bits per heavy atom. The highest BCUT2D eigenvalue weighted by molar-refractivity contribution is 5.96. The van der Waals surface area contributed by atoms with Crippen molar-refractivity contribution in [3.63, 3.8) is 0 Å². The fourth-order valence-electron chi connectivity index (χ4n) is 2.85. The zero-order valence-electron chi connectivity index (χ0n) is 13.0. The van der Waals surface area contributed by atoms with Gasteiger partial charge in [-0.1, -0.05) is 20.8 Å². The number of carbonyl (C=O) groups is 1. The minimum absolute atomic E-state index is 0.361. The lowest BCUT2D eigenvalue weighted by Gasteiger charge is -2.09. The van der Waals surface area contributed by atoms with E-state index < -0.39 is 5.97 Å². The summed E-state index contributed by atoms with van der Waals surface area (Å²) in [4.78, 5) is 11.3. The number of aromatic nitrogens is 1. The zero-order valence-corrected chi connectivity index (χ0v) is 13.0. The Balaban J connectivity index is 2.73. The number of nitrogens with two attached hydrogens (primary N) is 1. The van der Waals surface area contributed by atoms with Gasteiger partial charge in [0.2, 0.25) is 0 Å². The molecule has 114 valence electrons. The van der Waals surface area contributed by atoms with Crippen LogP contribution < -0.4 is 5.73 Å². The molecule has 0 fully saturated rings. The van der Waals surface area contributed by atoms with Crippen LogP contribution in [0.4, 0.5) is 0 Å². The molecule has 2 aromatic rings. The van der Waals surface area contributed by atoms with Crippen molar-refractivity contribution in [1.82, 2.24) is 4.57 Å². The summed E-state index contributed by atoms with van der Waals surface area (Å²) in [6.07, 6.45) is 3.91. The Kier molecular flexibility index (Phi) is 4.68. The van der Waals surface area contributed by atoms with Gasteiger partial charge in [-0.05, 0) is 48.6 Å². The molecule has 2 rings (SSSR count). The highest BCUT2D eigenvalue weighted by atomic mass is 16.4. The number of carboxylic acid groups (broad SMARTS) is 1. The fraction of sp³-hybridized carbons (Fsp3) is 0.471. The zero-order chi connectivity index (χ0) is 15.6. The van der Waals surface area contributed by atoms with Gasteiger partial charge in [0.15, 0.2) is 0 Å². The average molecular weight is 288 g/mol. The molecule has 1 aromatic carbocycles. The number of aromatic carboxylic acids is 1. The van der Waals surface area contributed by atoms with Crippen LogP contribution in [0, 0.1) is 0 Å². The van der Waals surface area contributed by atoms with Gasteiger partial charge in [-0.25, -0.2) is 4.79 Å². The lowest BCUT2D eigenvalue weighted by molar-refractivity contribution is 0.0697. The molecule has 0 saturated carbocycles. The lowest BCUT2D eigenvalue weighted by atomic mass is 9.98. The van der Waals surface area contributed by atoms with Crippen LogP contribution in [-0.2, 0) is 13.0 Å². The Morgan fingerprint density at radius 1 is 1.38 bits per heavy atom. The molecule has 4 nitrogen and oxygen atoms in total. The molecule has 0 spiro atoms. The highest BCUT2D eigenvalue weighted by Gasteiger charge is 2.17. The minimum Gasteiger partial charge on any atom is -0.478 e. The number of hydrogen-bond donors (Lipinski definition) is 2. The quantitative estimate of drug-likeness (QED) is 0.856. The first-order valence-corrected chi connectivity index (χ1v) is 7.58.